The second kappa shape index (κ2) is 12.3. The van der Waals surface area contributed by atoms with E-state index in [1.807, 2.05) is 45.9 Å². The summed E-state index contributed by atoms with van der Waals surface area (Å²) in [6.07, 6.45) is -6.05. The van der Waals surface area contributed by atoms with E-state index in [1.54, 1.807) is 6.08 Å². The fourth-order valence-electron chi connectivity index (χ4n) is 4.05. The van der Waals surface area contributed by atoms with Crippen LogP contribution in [-0.2, 0) is 12.8 Å². The molecular formula is C27H36O6. The highest BCUT2D eigenvalue weighted by molar-refractivity contribution is 5.33. The fraction of sp³-hybridized carbons (Fsp3) is 0.444. The second-order valence-electron chi connectivity index (χ2n) is 8.91. The van der Waals surface area contributed by atoms with Crippen molar-refractivity contribution in [1.29, 1.82) is 0 Å². The van der Waals surface area contributed by atoms with E-state index in [1.165, 1.54) is 0 Å². The zero-order valence-electron chi connectivity index (χ0n) is 19.7. The van der Waals surface area contributed by atoms with Crippen molar-refractivity contribution in [1.82, 2.24) is 0 Å². The number of aryl methyl sites for hydroxylation is 4. The molecule has 0 aliphatic heterocycles. The maximum Gasteiger partial charge on any atom is 0.113 e. The van der Waals surface area contributed by atoms with Gasteiger partial charge in [0.15, 0.2) is 0 Å². The van der Waals surface area contributed by atoms with Crippen molar-refractivity contribution in [3.63, 3.8) is 0 Å². The molecule has 2 aromatic carbocycles. The third-order valence-electron chi connectivity index (χ3n) is 5.54. The van der Waals surface area contributed by atoms with E-state index in [0.29, 0.717) is 12.0 Å². The molecule has 0 aromatic heterocycles. The van der Waals surface area contributed by atoms with Crippen molar-refractivity contribution in [2.75, 3.05) is 6.61 Å². The molecule has 6 heteroatoms. The fourth-order valence-corrected chi connectivity index (χ4v) is 4.05. The van der Waals surface area contributed by atoms with Gasteiger partial charge in [-0.3, -0.25) is 0 Å². The number of aliphatic hydroxyl groups is 6. The SMILES string of the molecule is Cc1cc(C)cc(CC=C=C(Cc2cc(C)cc(C)c2)C(O)[C@@H](O)[C@@H](O)[C@H](O)[C@@H](O)CO)c1. The minimum absolute atomic E-state index is 0.273. The van der Waals surface area contributed by atoms with E-state index < -0.39 is 37.1 Å². The molecule has 0 fully saturated rings. The van der Waals surface area contributed by atoms with E-state index in [4.69, 9.17) is 5.11 Å². The van der Waals surface area contributed by atoms with Gasteiger partial charge in [-0.15, -0.1) is 5.73 Å². The van der Waals surface area contributed by atoms with Crippen LogP contribution in [0.4, 0.5) is 0 Å². The van der Waals surface area contributed by atoms with Crippen LogP contribution in [-0.4, -0.2) is 67.8 Å². The molecule has 0 heterocycles. The quantitative estimate of drug-likeness (QED) is 0.302. The summed E-state index contributed by atoms with van der Waals surface area (Å²) < 4.78 is 0. The minimum Gasteiger partial charge on any atom is -0.394 e. The molecule has 0 aliphatic rings. The standard InChI is InChI=1S/C27H36O6/c1-16-8-17(2)11-20(10-16)6-5-7-22(14-21-12-18(3)9-19(4)13-21)24(30)26(32)27(33)25(31)23(29)15-28/h5,8-13,23-33H,6,14-15H2,1-4H3/t7?,23-,24?,25+,26+,27-/m0/s1. The Morgan fingerprint density at radius 2 is 1.21 bits per heavy atom. The summed E-state index contributed by atoms with van der Waals surface area (Å²) in [5.41, 5.74) is 9.82. The van der Waals surface area contributed by atoms with Crippen LogP contribution >= 0.6 is 0 Å². The van der Waals surface area contributed by atoms with Gasteiger partial charge in [-0.2, -0.15) is 0 Å². The zero-order valence-corrected chi connectivity index (χ0v) is 19.7. The van der Waals surface area contributed by atoms with Crippen LogP contribution in [0.3, 0.4) is 0 Å². The van der Waals surface area contributed by atoms with E-state index in [0.717, 1.165) is 33.4 Å². The number of rotatable bonds is 10. The molecule has 180 valence electrons. The molecule has 0 saturated carbocycles. The first-order valence-electron chi connectivity index (χ1n) is 11.1. The normalized spacial score (nSPS) is 15.8. The van der Waals surface area contributed by atoms with Crippen molar-refractivity contribution in [3.05, 3.63) is 87.2 Å². The summed E-state index contributed by atoms with van der Waals surface area (Å²) in [6.45, 7) is 7.20. The Kier molecular flexibility index (Phi) is 10.0. The molecule has 0 aliphatic carbocycles. The zero-order chi connectivity index (χ0) is 24.7. The highest BCUT2D eigenvalue weighted by Crippen LogP contribution is 2.20. The molecule has 2 aromatic rings. The predicted molar refractivity (Wildman–Crippen MR) is 128 cm³/mol. The first-order valence-corrected chi connectivity index (χ1v) is 11.1. The number of hydrogen-bond acceptors (Lipinski definition) is 6. The Morgan fingerprint density at radius 3 is 1.70 bits per heavy atom. The third kappa shape index (κ3) is 7.91. The Balaban J connectivity index is 2.36. The van der Waals surface area contributed by atoms with E-state index in [2.05, 4.69) is 23.9 Å². The highest BCUT2D eigenvalue weighted by atomic mass is 16.4. The molecule has 6 N–H and O–H groups in total. The Bertz CT molecular complexity index is 952. The minimum atomic E-state index is -1.86. The van der Waals surface area contributed by atoms with Gasteiger partial charge in [0, 0.05) is 12.0 Å². The smallest absolute Gasteiger partial charge is 0.113 e. The molecule has 0 saturated heterocycles. The van der Waals surface area contributed by atoms with Crippen LogP contribution in [0.2, 0.25) is 0 Å². The Morgan fingerprint density at radius 1 is 0.727 bits per heavy atom. The van der Waals surface area contributed by atoms with Crippen molar-refractivity contribution in [2.45, 2.75) is 71.1 Å². The number of hydrogen-bond donors (Lipinski definition) is 6. The van der Waals surface area contributed by atoms with Crippen molar-refractivity contribution < 1.29 is 30.6 Å². The summed E-state index contributed by atoms with van der Waals surface area (Å²) in [5, 5.41) is 60.2. The maximum atomic E-state index is 10.9. The Labute approximate surface area is 195 Å². The molecule has 0 spiro atoms. The molecule has 0 amide bonds. The van der Waals surface area contributed by atoms with Crippen molar-refractivity contribution in [3.8, 4) is 0 Å². The lowest BCUT2D eigenvalue weighted by atomic mass is 9.91. The van der Waals surface area contributed by atoms with Gasteiger partial charge >= 0.3 is 0 Å². The monoisotopic (exact) mass is 456 g/mol. The van der Waals surface area contributed by atoms with Crippen LogP contribution in [0.5, 0.6) is 0 Å². The lowest BCUT2D eigenvalue weighted by Crippen LogP contribution is -2.50. The molecule has 1 unspecified atom stereocenters. The van der Waals surface area contributed by atoms with Gasteiger partial charge in [-0.05, 0) is 51.3 Å². The first kappa shape index (κ1) is 27.0. The lowest BCUT2D eigenvalue weighted by Gasteiger charge is -2.29. The van der Waals surface area contributed by atoms with Crippen LogP contribution in [0.15, 0.2) is 53.8 Å². The van der Waals surface area contributed by atoms with E-state index in [-0.39, 0.29) is 6.42 Å². The number of aliphatic hydroxyl groups excluding tert-OH is 6. The second-order valence-corrected chi connectivity index (χ2v) is 8.91. The van der Waals surface area contributed by atoms with Gasteiger partial charge in [-0.1, -0.05) is 58.7 Å². The van der Waals surface area contributed by atoms with Crippen LogP contribution in [0.25, 0.3) is 0 Å². The molecule has 6 nitrogen and oxygen atoms in total. The summed E-state index contributed by atoms with van der Waals surface area (Å²) in [6, 6.07) is 12.2. The molecule has 33 heavy (non-hydrogen) atoms. The summed E-state index contributed by atoms with van der Waals surface area (Å²) in [7, 11) is 0. The van der Waals surface area contributed by atoms with Gasteiger partial charge < -0.3 is 30.6 Å². The lowest BCUT2D eigenvalue weighted by molar-refractivity contribution is -0.134. The number of benzene rings is 2. The molecule has 0 radical (unpaired) electrons. The van der Waals surface area contributed by atoms with E-state index in [9.17, 15) is 25.5 Å². The highest BCUT2D eigenvalue weighted by Gasteiger charge is 2.35. The predicted octanol–water partition coefficient (Wildman–Crippen LogP) is 1.58. The summed E-state index contributed by atoms with van der Waals surface area (Å²) in [5.74, 6) is 0. The Hall–Kier alpha value is -2.28. The van der Waals surface area contributed by atoms with Crippen molar-refractivity contribution >= 4 is 0 Å². The van der Waals surface area contributed by atoms with Gasteiger partial charge in [0.05, 0.1) is 6.61 Å². The largest absolute Gasteiger partial charge is 0.394 e. The third-order valence-corrected chi connectivity index (χ3v) is 5.54. The maximum absolute atomic E-state index is 10.9. The topological polar surface area (TPSA) is 121 Å². The summed E-state index contributed by atoms with van der Waals surface area (Å²) >= 11 is 0. The molecule has 2 rings (SSSR count). The van der Waals surface area contributed by atoms with Crippen LogP contribution in [0.1, 0.15) is 33.4 Å². The average molecular weight is 457 g/mol. The van der Waals surface area contributed by atoms with Gasteiger partial charge in [0.1, 0.15) is 30.5 Å². The first-order chi connectivity index (χ1) is 15.5. The van der Waals surface area contributed by atoms with Gasteiger partial charge in [0.25, 0.3) is 0 Å². The molecule has 0 bridgehead atoms. The van der Waals surface area contributed by atoms with Crippen molar-refractivity contribution in [2.24, 2.45) is 0 Å². The van der Waals surface area contributed by atoms with Gasteiger partial charge in [-0.25, -0.2) is 0 Å². The van der Waals surface area contributed by atoms with Crippen LogP contribution in [0, 0.1) is 27.7 Å². The summed E-state index contributed by atoms with van der Waals surface area (Å²) in [4.78, 5) is 0. The van der Waals surface area contributed by atoms with Crippen LogP contribution < -0.4 is 0 Å². The molecule has 5 atom stereocenters. The van der Waals surface area contributed by atoms with E-state index >= 15 is 0 Å². The molecular weight excluding hydrogens is 420 g/mol. The average Bonchev–Trinajstić information content (AvgIpc) is 2.74. The van der Waals surface area contributed by atoms with Gasteiger partial charge in [0.2, 0.25) is 0 Å².